The van der Waals surface area contributed by atoms with Crippen molar-refractivity contribution in [3.05, 3.63) is 77.1 Å². The van der Waals surface area contributed by atoms with Crippen molar-refractivity contribution in [1.29, 1.82) is 0 Å². The van der Waals surface area contributed by atoms with Gasteiger partial charge in [-0.2, -0.15) is 0 Å². The topological polar surface area (TPSA) is 127 Å². The molecule has 160 valence electrons. The number of thioether (sulfide) groups is 1. The van der Waals surface area contributed by atoms with Crippen LogP contribution in [0.25, 0.3) is 11.4 Å². The van der Waals surface area contributed by atoms with Gasteiger partial charge in [0.05, 0.1) is 10.9 Å². The first-order chi connectivity index (χ1) is 14.9. The molecule has 3 rings (SSSR count). The number of hydrogen-bond acceptors (Lipinski definition) is 8. The Kier molecular flexibility index (Phi) is 6.99. The second-order valence-corrected chi connectivity index (χ2v) is 7.59. The molecular formula is C22H25N7OS. The fraction of sp³-hybridized carbons (Fsp3) is 0.136. The number of ether oxygens (including phenoxy) is 1. The molecule has 0 saturated carbocycles. The lowest BCUT2D eigenvalue weighted by atomic mass is 10.1. The van der Waals surface area contributed by atoms with Gasteiger partial charge in [-0.1, -0.05) is 18.7 Å². The number of aromatic amines is 1. The number of aromatic nitrogens is 3. The Bertz CT molecular complexity index is 1130. The van der Waals surface area contributed by atoms with Crippen molar-refractivity contribution < 1.29 is 4.74 Å². The van der Waals surface area contributed by atoms with Crippen LogP contribution in [0.2, 0.25) is 0 Å². The zero-order chi connectivity index (χ0) is 22.4. The zero-order valence-electron chi connectivity index (χ0n) is 17.6. The fourth-order valence-electron chi connectivity index (χ4n) is 2.66. The number of nitrogens with one attached hydrogen (secondary N) is 2. The van der Waals surface area contributed by atoms with Gasteiger partial charge in [-0.3, -0.25) is 0 Å². The van der Waals surface area contributed by atoms with Crippen LogP contribution in [0.15, 0.2) is 71.0 Å². The average Bonchev–Trinajstić information content (AvgIpc) is 3.20. The van der Waals surface area contributed by atoms with E-state index in [2.05, 4.69) is 52.0 Å². The highest BCUT2D eigenvalue weighted by molar-refractivity contribution is 8.02. The quantitative estimate of drug-likeness (QED) is 0.323. The number of nitrogens with two attached hydrogens (primary N) is 2. The number of H-pyrrole nitrogens is 1. The summed E-state index contributed by atoms with van der Waals surface area (Å²) in [7, 11) is 0. The molecule has 0 unspecified atom stereocenters. The summed E-state index contributed by atoms with van der Waals surface area (Å²) in [6, 6.07) is 13.4. The number of rotatable bonds is 7. The molecule has 0 amide bonds. The van der Waals surface area contributed by atoms with E-state index >= 15 is 0 Å². The minimum atomic E-state index is 0.0924. The number of nitrogens with zero attached hydrogens (tertiary/aromatic N) is 3. The van der Waals surface area contributed by atoms with E-state index in [1.165, 1.54) is 23.4 Å². The fourth-order valence-corrected chi connectivity index (χ4v) is 2.84. The van der Waals surface area contributed by atoms with Crippen LogP contribution in [0.4, 0.5) is 11.6 Å². The molecule has 0 aliphatic heterocycles. The van der Waals surface area contributed by atoms with Crippen molar-refractivity contribution in [2.45, 2.75) is 13.8 Å². The molecule has 0 fully saturated rings. The third kappa shape index (κ3) is 5.89. The lowest BCUT2D eigenvalue weighted by Crippen LogP contribution is -2.14. The van der Waals surface area contributed by atoms with E-state index in [0.29, 0.717) is 22.6 Å². The predicted octanol–water partition coefficient (Wildman–Crippen LogP) is 4.20. The van der Waals surface area contributed by atoms with Gasteiger partial charge in [-0.05, 0) is 61.6 Å². The van der Waals surface area contributed by atoms with Gasteiger partial charge in [0, 0.05) is 17.3 Å². The SMILES string of the molecule is C=C(/N=C(\C=C(N)N)Oc1ccc(-c2nnc(Nc3cccc(C)c3C)[nH]2)cc1)SC. The molecule has 1 aromatic heterocycles. The van der Waals surface area contributed by atoms with E-state index in [1.54, 1.807) is 12.1 Å². The van der Waals surface area contributed by atoms with Crippen LogP contribution in [0.3, 0.4) is 0 Å². The van der Waals surface area contributed by atoms with Crippen LogP contribution in [0, 0.1) is 13.8 Å². The maximum absolute atomic E-state index is 5.78. The molecule has 6 N–H and O–H groups in total. The smallest absolute Gasteiger partial charge is 0.226 e. The predicted molar refractivity (Wildman–Crippen MR) is 128 cm³/mol. The van der Waals surface area contributed by atoms with E-state index < -0.39 is 0 Å². The molecule has 0 spiro atoms. The summed E-state index contributed by atoms with van der Waals surface area (Å²) < 4.78 is 5.78. The highest BCUT2D eigenvalue weighted by atomic mass is 32.2. The molecule has 9 heteroatoms. The molecule has 8 nitrogen and oxygen atoms in total. The van der Waals surface area contributed by atoms with Crippen LogP contribution in [0.5, 0.6) is 5.75 Å². The first-order valence-electron chi connectivity index (χ1n) is 9.44. The Balaban J connectivity index is 1.74. The average molecular weight is 436 g/mol. The Morgan fingerprint density at radius 2 is 1.90 bits per heavy atom. The Hall–Kier alpha value is -3.72. The third-order valence-corrected chi connectivity index (χ3v) is 5.02. The number of hydrogen-bond donors (Lipinski definition) is 4. The zero-order valence-corrected chi connectivity index (χ0v) is 18.5. The van der Waals surface area contributed by atoms with E-state index in [9.17, 15) is 0 Å². The highest BCUT2D eigenvalue weighted by Gasteiger charge is 2.09. The lowest BCUT2D eigenvalue weighted by molar-refractivity contribution is 0.554. The van der Waals surface area contributed by atoms with E-state index in [0.717, 1.165) is 16.8 Å². The number of anilines is 2. The molecule has 0 radical (unpaired) electrons. The standard InChI is InChI=1S/C22H25N7OS/c1-13-6-5-7-18(14(13)2)26-22-27-21(28-29-22)16-8-10-17(11-9-16)30-20(12-19(23)24)25-15(3)31-4/h5-12H,3,23-24H2,1-2,4H3,(H2,26,27,28,29)/b25-20+. The summed E-state index contributed by atoms with van der Waals surface area (Å²) >= 11 is 1.40. The molecule has 0 bridgehead atoms. The summed E-state index contributed by atoms with van der Waals surface area (Å²) in [4.78, 5) is 7.45. The number of aliphatic imine (C=N–C) groups is 1. The van der Waals surface area contributed by atoms with E-state index in [-0.39, 0.29) is 11.7 Å². The van der Waals surface area contributed by atoms with Gasteiger partial charge < -0.3 is 26.5 Å². The van der Waals surface area contributed by atoms with Gasteiger partial charge in [0.25, 0.3) is 0 Å². The summed E-state index contributed by atoms with van der Waals surface area (Å²) in [5.41, 5.74) is 15.3. The summed E-state index contributed by atoms with van der Waals surface area (Å²) in [6.45, 7) is 7.95. The molecule has 0 atom stereocenters. The molecular weight excluding hydrogens is 410 g/mol. The van der Waals surface area contributed by atoms with Gasteiger partial charge in [0.2, 0.25) is 11.8 Å². The van der Waals surface area contributed by atoms with Crippen LogP contribution in [-0.2, 0) is 0 Å². The van der Waals surface area contributed by atoms with Crippen LogP contribution in [0.1, 0.15) is 11.1 Å². The molecule has 0 saturated heterocycles. The van der Waals surface area contributed by atoms with Gasteiger partial charge in [-0.25, -0.2) is 4.99 Å². The summed E-state index contributed by atoms with van der Waals surface area (Å²) in [5, 5.41) is 12.3. The molecule has 2 aromatic carbocycles. The second-order valence-electron chi connectivity index (χ2n) is 6.71. The van der Waals surface area contributed by atoms with E-state index in [1.807, 2.05) is 30.5 Å². The normalized spacial score (nSPS) is 11.1. The van der Waals surface area contributed by atoms with Gasteiger partial charge in [0.1, 0.15) is 5.75 Å². The third-order valence-electron chi connectivity index (χ3n) is 4.46. The lowest BCUT2D eigenvalue weighted by Gasteiger charge is -2.08. The first-order valence-corrected chi connectivity index (χ1v) is 10.7. The van der Waals surface area contributed by atoms with Crippen molar-refractivity contribution in [3.63, 3.8) is 0 Å². The molecule has 31 heavy (non-hydrogen) atoms. The van der Waals surface area contributed by atoms with Crippen molar-refractivity contribution in [2.24, 2.45) is 16.5 Å². The molecule has 3 aromatic rings. The van der Waals surface area contributed by atoms with Crippen molar-refractivity contribution >= 4 is 29.3 Å². The van der Waals surface area contributed by atoms with Crippen molar-refractivity contribution in [1.82, 2.24) is 15.2 Å². The number of aryl methyl sites for hydroxylation is 1. The Labute approximate surface area is 185 Å². The van der Waals surface area contributed by atoms with Gasteiger partial charge in [0.15, 0.2) is 5.82 Å². The maximum Gasteiger partial charge on any atom is 0.226 e. The highest BCUT2D eigenvalue weighted by Crippen LogP contribution is 2.24. The van der Waals surface area contributed by atoms with Gasteiger partial charge in [-0.15, -0.1) is 22.0 Å². The molecule has 1 heterocycles. The summed E-state index contributed by atoms with van der Waals surface area (Å²) in [6.07, 6.45) is 3.31. The van der Waals surface area contributed by atoms with E-state index in [4.69, 9.17) is 16.2 Å². The molecule has 0 aliphatic rings. The Morgan fingerprint density at radius 1 is 1.16 bits per heavy atom. The summed E-state index contributed by atoms with van der Waals surface area (Å²) in [5.74, 6) is 2.12. The second kappa shape index (κ2) is 9.86. The minimum absolute atomic E-state index is 0.0924. The largest absolute Gasteiger partial charge is 0.439 e. The van der Waals surface area contributed by atoms with Crippen molar-refractivity contribution in [3.8, 4) is 17.1 Å². The minimum Gasteiger partial charge on any atom is -0.439 e. The van der Waals surface area contributed by atoms with Crippen molar-refractivity contribution in [2.75, 3.05) is 11.6 Å². The first kappa shape index (κ1) is 22.0. The molecule has 0 aliphatic carbocycles. The van der Waals surface area contributed by atoms with Crippen LogP contribution in [-0.4, -0.2) is 27.3 Å². The van der Waals surface area contributed by atoms with Gasteiger partial charge >= 0.3 is 0 Å². The number of benzene rings is 2. The Morgan fingerprint density at radius 3 is 2.58 bits per heavy atom. The van der Waals surface area contributed by atoms with Crippen LogP contribution < -0.4 is 21.5 Å². The van der Waals surface area contributed by atoms with Crippen LogP contribution >= 0.6 is 11.8 Å². The monoisotopic (exact) mass is 435 g/mol. The maximum atomic E-state index is 5.78.